The van der Waals surface area contributed by atoms with Gasteiger partial charge in [0.1, 0.15) is 0 Å². The highest BCUT2D eigenvalue weighted by Crippen LogP contribution is 2.24. The monoisotopic (exact) mass is 227 g/mol. The number of halogens is 1. The Balaban J connectivity index is 2.88. The van der Waals surface area contributed by atoms with Gasteiger partial charge in [-0.25, -0.2) is 0 Å². The smallest absolute Gasteiger partial charge is 0.304 e. The van der Waals surface area contributed by atoms with Gasteiger partial charge in [-0.2, -0.15) is 0 Å². The Labute approximate surface area is 93.9 Å². The second-order valence-electron chi connectivity index (χ2n) is 3.62. The first-order valence-electron chi connectivity index (χ1n) is 4.73. The van der Waals surface area contributed by atoms with Gasteiger partial charge in [0, 0.05) is 17.0 Å². The van der Waals surface area contributed by atoms with E-state index in [9.17, 15) is 4.79 Å². The summed E-state index contributed by atoms with van der Waals surface area (Å²) in [4.78, 5) is 10.7. The molecule has 0 aliphatic heterocycles. The lowest BCUT2D eigenvalue weighted by Crippen LogP contribution is -2.26. The molecule has 0 saturated carbocycles. The number of carboxylic acid groups (broad SMARTS) is 1. The predicted octanol–water partition coefficient (Wildman–Crippen LogP) is 2.25. The normalized spacial score (nSPS) is 14.6. The molecular formula is C11H14ClNO2. The molecule has 0 radical (unpaired) electrons. The zero-order valence-corrected chi connectivity index (χ0v) is 9.24. The molecule has 0 heterocycles. The third-order valence-corrected chi connectivity index (χ3v) is 2.58. The van der Waals surface area contributed by atoms with Gasteiger partial charge in [0.2, 0.25) is 0 Å². The number of hydrogen-bond acceptors (Lipinski definition) is 2. The van der Waals surface area contributed by atoms with Gasteiger partial charge < -0.3 is 10.8 Å². The number of carboxylic acids is 1. The Morgan fingerprint density at radius 1 is 1.47 bits per heavy atom. The Morgan fingerprint density at radius 2 is 2.00 bits per heavy atom. The molecule has 0 amide bonds. The van der Waals surface area contributed by atoms with Crippen molar-refractivity contribution in [3.05, 3.63) is 34.9 Å². The minimum atomic E-state index is -0.841. The SMILES string of the molecule is C[C@@H](N)C(CC(=O)O)c1ccc(Cl)cc1. The van der Waals surface area contributed by atoms with Crippen LogP contribution in [0.2, 0.25) is 5.02 Å². The number of aliphatic carboxylic acids is 1. The molecule has 0 fully saturated rings. The zero-order chi connectivity index (χ0) is 11.4. The quantitative estimate of drug-likeness (QED) is 0.829. The molecule has 0 spiro atoms. The van der Waals surface area contributed by atoms with Gasteiger partial charge in [-0.3, -0.25) is 4.79 Å². The number of rotatable bonds is 4. The molecule has 0 saturated heterocycles. The van der Waals surface area contributed by atoms with Crippen molar-refractivity contribution in [2.75, 3.05) is 0 Å². The van der Waals surface area contributed by atoms with Crippen molar-refractivity contribution in [1.29, 1.82) is 0 Å². The molecule has 1 aromatic carbocycles. The molecule has 1 aromatic rings. The fourth-order valence-corrected chi connectivity index (χ4v) is 1.63. The minimum absolute atomic E-state index is 0.0410. The van der Waals surface area contributed by atoms with E-state index in [2.05, 4.69) is 0 Å². The van der Waals surface area contributed by atoms with Gasteiger partial charge >= 0.3 is 5.97 Å². The van der Waals surface area contributed by atoms with E-state index in [0.29, 0.717) is 5.02 Å². The van der Waals surface area contributed by atoms with E-state index in [1.165, 1.54) is 0 Å². The van der Waals surface area contributed by atoms with Crippen molar-refractivity contribution in [2.45, 2.75) is 25.3 Å². The van der Waals surface area contributed by atoms with E-state index in [-0.39, 0.29) is 18.4 Å². The lowest BCUT2D eigenvalue weighted by atomic mass is 9.90. The summed E-state index contributed by atoms with van der Waals surface area (Å²) in [5.74, 6) is -1.01. The fourth-order valence-electron chi connectivity index (χ4n) is 1.51. The summed E-state index contributed by atoms with van der Waals surface area (Å²) in [6, 6.07) is 6.93. The summed E-state index contributed by atoms with van der Waals surface area (Å²) in [7, 11) is 0. The van der Waals surface area contributed by atoms with Crippen LogP contribution in [-0.2, 0) is 4.79 Å². The van der Waals surface area contributed by atoms with Gasteiger partial charge in [-0.05, 0) is 24.6 Å². The molecule has 4 heteroatoms. The molecule has 0 aliphatic carbocycles. The summed E-state index contributed by atoms with van der Waals surface area (Å²) in [6.07, 6.45) is 0.0410. The summed E-state index contributed by atoms with van der Waals surface area (Å²) in [6.45, 7) is 1.81. The van der Waals surface area contributed by atoms with Crippen LogP contribution in [0.4, 0.5) is 0 Å². The summed E-state index contributed by atoms with van der Waals surface area (Å²) in [5.41, 5.74) is 6.67. The topological polar surface area (TPSA) is 63.3 Å². The van der Waals surface area contributed by atoms with Crippen LogP contribution in [0, 0.1) is 0 Å². The van der Waals surface area contributed by atoms with Crippen LogP contribution < -0.4 is 5.73 Å². The van der Waals surface area contributed by atoms with Gasteiger partial charge in [0.05, 0.1) is 6.42 Å². The zero-order valence-electron chi connectivity index (χ0n) is 8.48. The molecule has 1 rings (SSSR count). The standard InChI is InChI=1S/C11H14ClNO2/c1-7(13)10(6-11(14)15)8-2-4-9(12)5-3-8/h2-5,7,10H,6,13H2,1H3,(H,14,15)/t7-,10?/m1/s1. The first-order chi connectivity index (χ1) is 7.00. The lowest BCUT2D eigenvalue weighted by molar-refractivity contribution is -0.137. The Kier molecular flexibility index (Phi) is 4.12. The second kappa shape index (κ2) is 5.14. The first-order valence-corrected chi connectivity index (χ1v) is 5.11. The molecule has 0 bridgehead atoms. The maximum Gasteiger partial charge on any atom is 0.304 e. The van der Waals surface area contributed by atoms with E-state index in [1.54, 1.807) is 12.1 Å². The first kappa shape index (κ1) is 12.0. The van der Waals surface area contributed by atoms with Crippen LogP contribution in [0.1, 0.15) is 24.8 Å². The fraction of sp³-hybridized carbons (Fsp3) is 0.364. The minimum Gasteiger partial charge on any atom is -0.481 e. The van der Waals surface area contributed by atoms with E-state index in [4.69, 9.17) is 22.4 Å². The third-order valence-electron chi connectivity index (χ3n) is 2.33. The average Bonchev–Trinajstić information content (AvgIpc) is 2.15. The van der Waals surface area contributed by atoms with Crippen LogP contribution >= 0.6 is 11.6 Å². The van der Waals surface area contributed by atoms with Crippen molar-refractivity contribution in [3.8, 4) is 0 Å². The van der Waals surface area contributed by atoms with Crippen molar-refractivity contribution in [1.82, 2.24) is 0 Å². The van der Waals surface area contributed by atoms with Crippen LogP contribution in [0.15, 0.2) is 24.3 Å². The molecule has 3 nitrogen and oxygen atoms in total. The number of hydrogen-bond donors (Lipinski definition) is 2. The molecule has 1 unspecified atom stereocenters. The molecular weight excluding hydrogens is 214 g/mol. The highest BCUT2D eigenvalue weighted by Gasteiger charge is 2.19. The summed E-state index contributed by atoms with van der Waals surface area (Å²) in [5, 5.41) is 9.40. The highest BCUT2D eigenvalue weighted by molar-refractivity contribution is 6.30. The Morgan fingerprint density at radius 3 is 2.40 bits per heavy atom. The molecule has 3 N–H and O–H groups in total. The number of carbonyl (C=O) groups is 1. The molecule has 2 atom stereocenters. The van der Waals surface area contributed by atoms with Gasteiger partial charge in [0.15, 0.2) is 0 Å². The maximum absolute atomic E-state index is 10.7. The average molecular weight is 228 g/mol. The number of benzene rings is 1. The van der Waals surface area contributed by atoms with Crippen LogP contribution in [0.5, 0.6) is 0 Å². The highest BCUT2D eigenvalue weighted by atomic mass is 35.5. The lowest BCUT2D eigenvalue weighted by Gasteiger charge is -2.19. The Hall–Kier alpha value is -1.06. The molecule has 0 aliphatic rings. The predicted molar refractivity (Wildman–Crippen MR) is 60.1 cm³/mol. The largest absolute Gasteiger partial charge is 0.481 e. The van der Waals surface area contributed by atoms with Gasteiger partial charge in [0.25, 0.3) is 0 Å². The second-order valence-corrected chi connectivity index (χ2v) is 4.05. The van der Waals surface area contributed by atoms with Crippen LogP contribution in [-0.4, -0.2) is 17.1 Å². The van der Waals surface area contributed by atoms with Crippen LogP contribution in [0.3, 0.4) is 0 Å². The third kappa shape index (κ3) is 3.53. The number of nitrogens with two attached hydrogens (primary N) is 1. The Bertz CT molecular complexity index is 335. The summed E-state index contributed by atoms with van der Waals surface area (Å²) < 4.78 is 0. The van der Waals surface area contributed by atoms with E-state index >= 15 is 0 Å². The van der Waals surface area contributed by atoms with Crippen molar-refractivity contribution < 1.29 is 9.90 Å². The summed E-state index contributed by atoms with van der Waals surface area (Å²) >= 11 is 5.75. The van der Waals surface area contributed by atoms with Crippen LogP contribution in [0.25, 0.3) is 0 Å². The van der Waals surface area contributed by atoms with E-state index in [0.717, 1.165) is 5.56 Å². The van der Waals surface area contributed by atoms with Gasteiger partial charge in [-0.1, -0.05) is 23.7 Å². The van der Waals surface area contributed by atoms with E-state index < -0.39 is 5.97 Å². The maximum atomic E-state index is 10.7. The molecule has 15 heavy (non-hydrogen) atoms. The van der Waals surface area contributed by atoms with Crippen molar-refractivity contribution in [2.24, 2.45) is 5.73 Å². The van der Waals surface area contributed by atoms with Crippen molar-refractivity contribution >= 4 is 17.6 Å². The molecule has 0 aromatic heterocycles. The van der Waals surface area contributed by atoms with E-state index in [1.807, 2.05) is 19.1 Å². The van der Waals surface area contributed by atoms with Gasteiger partial charge in [-0.15, -0.1) is 0 Å². The molecule has 82 valence electrons. The van der Waals surface area contributed by atoms with Crippen molar-refractivity contribution in [3.63, 3.8) is 0 Å².